The number of nitro benzene ring substituents is 1. The Bertz CT molecular complexity index is 1400. The molecule has 1 amide bonds. The first-order chi connectivity index (χ1) is 16.8. The first-order valence-corrected chi connectivity index (χ1v) is 12.1. The fourth-order valence-corrected chi connectivity index (χ4v) is 4.49. The third-order valence-corrected chi connectivity index (χ3v) is 6.80. The maximum absolute atomic E-state index is 12.5. The SMILES string of the molecule is Cn1c(SCC(=O)c2ccc([N+](=O)[O-])cc2)nnc1-c1ccc(NC(=O)c2ccccc2Br)cc1. The van der Waals surface area contributed by atoms with Gasteiger partial charge in [-0.1, -0.05) is 23.9 Å². The van der Waals surface area contributed by atoms with Crippen molar-refractivity contribution in [1.29, 1.82) is 0 Å². The van der Waals surface area contributed by atoms with Crippen LogP contribution >= 0.6 is 27.7 Å². The van der Waals surface area contributed by atoms with Crippen LogP contribution in [0, 0.1) is 10.1 Å². The van der Waals surface area contributed by atoms with Crippen LogP contribution in [0.1, 0.15) is 20.7 Å². The Morgan fingerprint density at radius 1 is 1.03 bits per heavy atom. The third kappa shape index (κ3) is 5.64. The molecule has 0 saturated heterocycles. The molecule has 3 aromatic carbocycles. The Morgan fingerprint density at radius 2 is 1.71 bits per heavy atom. The molecule has 0 fully saturated rings. The maximum atomic E-state index is 12.5. The number of carbonyl (C=O) groups excluding carboxylic acids is 2. The van der Waals surface area contributed by atoms with E-state index in [1.165, 1.54) is 36.0 Å². The third-order valence-electron chi connectivity index (χ3n) is 5.09. The lowest BCUT2D eigenvalue weighted by molar-refractivity contribution is -0.384. The zero-order valence-corrected chi connectivity index (χ0v) is 20.7. The fourth-order valence-electron chi connectivity index (χ4n) is 3.22. The van der Waals surface area contributed by atoms with Crippen molar-refractivity contribution in [3.8, 4) is 11.4 Å². The van der Waals surface area contributed by atoms with Gasteiger partial charge in [0.1, 0.15) is 0 Å². The van der Waals surface area contributed by atoms with Crippen LogP contribution in [0.5, 0.6) is 0 Å². The minimum Gasteiger partial charge on any atom is -0.322 e. The zero-order valence-electron chi connectivity index (χ0n) is 18.3. The molecule has 1 aromatic heterocycles. The van der Waals surface area contributed by atoms with Gasteiger partial charge in [-0.25, -0.2) is 0 Å². The average Bonchev–Trinajstić information content (AvgIpc) is 3.23. The number of hydrogen-bond acceptors (Lipinski definition) is 7. The van der Waals surface area contributed by atoms with Crippen molar-refractivity contribution in [2.45, 2.75) is 5.16 Å². The molecule has 0 unspecified atom stereocenters. The summed E-state index contributed by atoms with van der Waals surface area (Å²) in [5, 5.41) is 22.6. The van der Waals surface area contributed by atoms with E-state index in [4.69, 9.17) is 0 Å². The van der Waals surface area contributed by atoms with Crippen molar-refractivity contribution in [2.24, 2.45) is 7.05 Å². The second kappa shape index (κ2) is 10.6. The Labute approximate surface area is 212 Å². The van der Waals surface area contributed by atoms with Crippen molar-refractivity contribution in [1.82, 2.24) is 14.8 Å². The number of nitrogens with zero attached hydrogens (tertiary/aromatic N) is 4. The first-order valence-electron chi connectivity index (χ1n) is 10.3. The normalized spacial score (nSPS) is 10.7. The van der Waals surface area contributed by atoms with E-state index in [-0.39, 0.29) is 23.1 Å². The quantitative estimate of drug-likeness (QED) is 0.135. The number of rotatable bonds is 8. The number of halogens is 1. The lowest BCUT2D eigenvalue weighted by Gasteiger charge is -2.08. The van der Waals surface area contributed by atoms with E-state index in [9.17, 15) is 19.7 Å². The molecule has 176 valence electrons. The number of anilines is 1. The van der Waals surface area contributed by atoms with Gasteiger partial charge in [0.25, 0.3) is 11.6 Å². The summed E-state index contributed by atoms with van der Waals surface area (Å²) < 4.78 is 2.49. The topological polar surface area (TPSA) is 120 Å². The number of Topliss-reactive ketones (excluding diaryl/α,β-unsaturated/α-hetero) is 1. The van der Waals surface area contributed by atoms with Crippen LogP contribution < -0.4 is 5.32 Å². The second-order valence-electron chi connectivity index (χ2n) is 7.39. The van der Waals surface area contributed by atoms with E-state index >= 15 is 0 Å². The average molecular weight is 552 g/mol. The van der Waals surface area contributed by atoms with Gasteiger partial charge in [-0.3, -0.25) is 19.7 Å². The fraction of sp³-hybridized carbons (Fsp3) is 0.0833. The summed E-state index contributed by atoms with van der Waals surface area (Å²) in [6.07, 6.45) is 0. The van der Waals surface area contributed by atoms with E-state index in [0.29, 0.717) is 32.3 Å². The van der Waals surface area contributed by atoms with Gasteiger partial charge in [-0.2, -0.15) is 0 Å². The number of thioether (sulfide) groups is 1. The number of aromatic nitrogens is 3. The Kier molecular flexibility index (Phi) is 7.37. The highest BCUT2D eigenvalue weighted by Crippen LogP contribution is 2.25. The second-order valence-corrected chi connectivity index (χ2v) is 9.19. The van der Waals surface area contributed by atoms with E-state index < -0.39 is 4.92 Å². The summed E-state index contributed by atoms with van der Waals surface area (Å²) >= 11 is 4.61. The molecule has 0 spiro atoms. The molecule has 9 nitrogen and oxygen atoms in total. The van der Waals surface area contributed by atoms with Crippen molar-refractivity contribution in [3.63, 3.8) is 0 Å². The molecular formula is C24H18BrN5O4S. The molecule has 4 aromatic rings. The molecule has 11 heteroatoms. The van der Waals surface area contributed by atoms with Gasteiger partial charge >= 0.3 is 0 Å². The monoisotopic (exact) mass is 551 g/mol. The highest BCUT2D eigenvalue weighted by molar-refractivity contribution is 9.10. The maximum Gasteiger partial charge on any atom is 0.269 e. The largest absolute Gasteiger partial charge is 0.322 e. The molecule has 0 saturated carbocycles. The summed E-state index contributed by atoms with van der Waals surface area (Å²) in [7, 11) is 1.80. The van der Waals surface area contributed by atoms with Gasteiger partial charge in [-0.15, -0.1) is 10.2 Å². The number of amides is 1. The molecule has 35 heavy (non-hydrogen) atoms. The van der Waals surface area contributed by atoms with Gasteiger partial charge in [0.15, 0.2) is 16.8 Å². The standard InChI is InChI=1S/C24H18BrN5O4S/c1-29-22(16-6-10-17(11-7-16)26-23(32)19-4-2-3-5-20(19)25)27-28-24(29)35-14-21(31)15-8-12-18(13-9-15)30(33)34/h2-13H,14H2,1H3,(H,26,32). The minimum absolute atomic E-state index is 0.0642. The molecule has 0 aliphatic heterocycles. The molecular weight excluding hydrogens is 534 g/mol. The summed E-state index contributed by atoms with van der Waals surface area (Å²) in [4.78, 5) is 35.2. The predicted octanol–water partition coefficient (Wildman–Crippen LogP) is 5.38. The Balaban J connectivity index is 1.40. The number of carbonyl (C=O) groups is 2. The molecule has 1 heterocycles. The smallest absolute Gasteiger partial charge is 0.269 e. The van der Waals surface area contributed by atoms with Gasteiger partial charge in [0, 0.05) is 40.5 Å². The van der Waals surface area contributed by atoms with Crippen LogP contribution in [0.3, 0.4) is 0 Å². The lowest BCUT2D eigenvalue weighted by atomic mass is 10.1. The van der Waals surface area contributed by atoms with Crippen LogP contribution in [-0.4, -0.2) is 37.1 Å². The summed E-state index contributed by atoms with van der Waals surface area (Å²) in [5.74, 6) is 0.336. The number of nitrogens with one attached hydrogen (secondary N) is 1. The van der Waals surface area contributed by atoms with E-state index in [0.717, 1.165) is 5.56 Å². The van der Waals surface area contributed by atoms with Crippen LogP contribution in [0.4, 0.5) is 11.4 Å². The highest BCUT2D eigenvalue weighted by Gasteiger charge is 2.15. The molecule has 0 aliphatic rings. The Morgan fingerprint density at radius 3 is 2.37 bits per heavy atom. The molecule has 4 rings (SSSR count). The van der Waals surface area contributed by atoms with Gasteiger partial charge in [-0.05, 0) is 64.5 Å². The number of hydrogen-bond donors (Lipinski definition) is 1. The van der Waals surface area contributed by atoms with Crippen molar-refractivity contribution >= 4 is 50.8 Å². The molecule has 0 bridgehead atoms. The van der Waals surface area contributed by atoms with Crippen LogP contribution in [0.2, 0.25) is 0 Å². The molecule has 1 N–H and O–H groups in total. The number of nitro groups is 1. The molecule has 0 aliphatic carbocycles. The van der Waals surface area contributed by atoms with Crippen molar-refractivity contribution in [3.05, 3.63) is 98.5 Å². The van der Waals surface area contributed by atoms with Crippen molar-refractivity contribution in [2.75, 3.05) is 11.1 Å². The van der Waals surface area contributed by atoms with E-state index in [2.05, 4.69) is 31.4 Å². The molecule has 0 atom stereocenters. The van der Waals surface area contributed by atoms with E-state index in [1.807, 2.05) is 18.2 Å². The highest BCUT2D eigenvalue weighted by atomic mass is 79.9. The Hall–Kier alpha value is -3.83. The summed E-state index contributed by atoms with van der Waals surface area (Å²) in [6, 6.07) is 19.9. The lowest BCUT2D eigenvalue weighted by Crippen LogP contribution is -2.12. The number of non-ortho nitro benzene ring substituents is 1. The first kappa shape index (κ1) is 24.3. The van der Waals surface area contributed by atoms with Gasteiger partial charge in [0.05, 0.1) is 16.2 Å². The summed E-state index contributed by atoms with van der Waals surface area (Å²) in [6.45, 7) is 0. The zero-order chi connectivity index (χ0) is 24.9. The van der Waals surface area contributed by atoms with E-state index in [1.54, 1.807) is 41.9 Å². The summed E-state index contributed by atoms with van der Waals surface area (Å²) in [5.41, 5.74) is 2.30. The number of ketones is 1. The number of benzene rings is 3. The minimum atomic E-state index is -0.507. The van der Waals surface area contributed by atoms with Crippen LogP contribution in [0.25, 0.3) is 11.4 Å². The molecule has 0 radical (unpaired) electrons. The predicted molar refractivity (Wildman–Crippen MR) is 137 cm³/mol. The van der Waals surface area contributed by atoms with Gasteiger partial charge < -0.3 is 9.88 Å². The van der Waals surface area contributed by atoms with Crippen LogP contribution in [-0.2, 0) is 7.05 Å². The van der Waals surface area contributed by atoms with Gasteiger partial charge in [0.2, 0.25) is 0 Å². The van der Waals surface area contributed by atoms with Crippen LogP contribution in [0.15, 0.2) is 82.4 Å². The van der Waals surface area contributed by atoms with Crippen molar-refractivity contribution < 1.29 is 14.5 Å².